The van der Waals surface area contributed by atoms with Crippen molar-refractivity contribution in [3.63, 3.8) is 0 Å². The molecule has 0 aliphatic rings. The average Bonchev–Trinajstić information content (AvgIpc) is 2.16. The van der Waals surface area contributed by atoms with Crippen molar-refractivity contribution in [1.29, 1.82) is 0 Å². The third-order valence-corrected chi connectivity index (χ3v) is 2.29. The lowest BCUT2D eigenvalue weighted by molar-refractivity contribution is 0.101. The molecule has 0 heterocycles. The Hall–Kier alpha value is -1.31. The van der Waals surface area contributed by atoms with E-state index in [9.17, 15) is 4.79 Å². The maximum absolute atomic E-state index is 11.4. The topological polar surface area (TPSA) is 26.3 Å². The van der Waals surface area contributed by atoms with E-state index in [0.717, 1.165) is 6.42 Å². The molecule has 0 spiro atoms. The van der Waals surface area contributed by atoms with Crippen molar-refractivity contribution >= 4 is 5.78 Å². The fourth-order valence-electron chi connectivity index (χ4n) is 1.63. The van der Waals surface area contributed by atoms with Gasteiger partial charge in [0.15, 0.2) is 5.78 Å². The van der Waals surface area contributed by atoms with Crippen LogP contribution in [0.25, 0.3) is 0 Å². The zero-order chi connectivity index (χ0) is 11.4. The maximum Gasteiger partial charge on any atom is 0.163 e. The highest BCUT2D eigenvalue weighted by Crippen LogP contribution is 2.21. The van der Waals surface area contributed by atoms with Crippen LogP contribution in [0, 0.1) is 5.92 Å². The van der Waals surface area contributed by atoms with Gasteiger partial charge in [0.25, 0.3) is 0 Å². The van der Waals surface area contributed by atoms with Crippen LogP contribution in [0.4, 0.5) is 0 Å². The molecule has 0 saturated heterocycles. The van der Waals surface area contributed by atoms with E-state index in [1.807, 2.05) is 18.2 Å². The van der Waals surface area contributed by atoms with Gasteiger partial charge in [-0.05, 0) is 37.0 Å². The van der Waals surface area contributed by atoms with E-state index in [2.05, 4.69) is 13.8 Å². The van der Waals surface area contributed by atoms with Crippen LogP contribution < -0.4 is 4.74 Å². The fraction of sp³-hybridized carbons (Fsp3) is 0.462. The molecule has 1 rings (SSSR count). The SMILES string of the molecule is COc1ccc(CC(C)C)cc1C(C)=O. The van der Waals surface area contributed by atoms with E-state index in [1.165, 1.54) is 5.56 Å². The molecule has 1 aromatic carbocycles. The normalized spacial score (nSPS) is 10.5. The van der Waals surface area contributed by atoms with Crippen LogP contribution in [0.3, 0.4) is 0 Å². The number of carbonyl (C=O) groups is 1. The monoisotopic (exact) mass is 206 g/mol. The highest BCUT2D eigenvalue weighted by Gasteiger charge is 2.09. The molecule has 0 aliphatic heterocycles. The molecule has 0 N–H and O–H groups in total. The summed E-state index contributed by atoms with van der Waals surface area (Å²) >= 11 is 0. The first-order valence-corrected chi connectivity index (χ1v) is 5.22. The van der Waals surface area contributed by atoms with E-state index in [4.69, 9.17) is 4.74 Å². The van der Waals surface area contributed by atoms with Crippen LogP contribution >= 0.6 is 0 Å². The Kier molecular flexibility index (Phi) is 3.89. The molecule has 0 bridgehead atoms. The summed E-state index contributed by atoms with van der Waals surface area (Å²) in [6.45, 7) is 5.90. The number of hydrogen-bond donors (Lipinski definition) is 0. The Morgan fingerprint density at radius 2 is 2.07 bits per heavy atom. The Morgan fingerprint density at radius 1 is 1.40 bits per heavy atom. The van der Waals surface area contributed by atoms with Gasteiger partial charge in [-0.15, -0.1) is 0 Å². The largest absolute Gasteiger partial charge is 0.496 e. The van der Waals surface area contributed by atoms with Gasteiger partial charge in [0.2, 0.25) is 0 Å². The van der Waals surface area contributed by atoms with Gasteiger partial charge in [-0.25, -0.2) is 0 Å². The molecule has 0 aromatic heterocycles. The van der Waals surface area contributed by atoms with Crippen molar-refractivity contribution in [2.75, 3.05) is 7.11 Å². The van der Waals surface area contributed by atoms with Crippen LogP contribution in [0.5, 0.6) is 5.75 Å². The number of Topliss-reactive ketones (excluding diaryl/α,β-unsaturated/α-hetero) is 1. The first-order chi connectivity index (χ1) is 7.04. The average molecular weight is 206 g/mol. The minimum atomic E-state index is 0.0532. The van der Waals surface area contributed by atoms with E-state index in [1.54, 1.807) is 14.0 Å². The van der Waals surface area contributed by atoms with Crippen LogP contribution in [-0.4, -0.2) is 12.9 Å². The lowest BCUT2D eigenvalue weighted by Gasteiger charge is -2.09. The van der Waals surface area contributed by atoms with Gasteiger partial charge >= 0.3 is 0 Å². The maximum atomic E-state index is 11.4. The fourth-order valence-corrected chi connectivity index (χ4v) is 1.63. The molecule has 0 saturated carbocycles. The van der Waals surface area contributed by atoms with Crippen molar-refractivity contribution in [2.45, 2.75) is 27.2 Å². The molecule has 0 fully saturated rings. The van der Waals surface area contributed by atoms with E-state index in [-0.39, 0.29) is 5.78 Å². The minimum Gasteiger partial charge on any atom is -0.496 e. The second-order valence-electron chi connectivity index (χ2n) is 4.19. The number of ether oxygens (including phenoxy) is 1. The van der Waals surface area contributed by atoms with Crippen molar-refractivity contribution < 1.29 is 9.53 Å². The summed E-state index contributed by atoms with van der Waals surface area (Å²) in [4.78, 5) is 11.4. The lowest BCUT2D eigenvalue weighted by atomic mass is 9.99. The molecule has 2 heteroatoms. The van der Waals surface area contributed by atoms with Crippen molar-refractivity contribution in [3.05, 3.63) is 29.3 Å². The smallest absolute Gasteiger partial charge is 0.163 e. The standard InChI is InChI=1S/C13H18O2/c1-9(2)7-11-5-6-13(15-4)12(8-11)10(3)14/h5-6,8-9H,7H2,1-4H3. The molecule has 0 radical (unpaired) electrons. The molecule has 1 aromatic rings. The Balaban J connectivity index is 3.05. The number of carbonyl (C=O) groups excluding carboxylic acids is 1. The number of hydrogen-bond acceptors (Lipinski definition) is 2. The molecule has 15 heavy (non-hydrogen) atoms. The summed E-state index contributed by atoms with van der Waals surface area (Å²) in [6, 6.07) is 5.82. The summed E-state index contributed by atoms with van der Waals surface area (Å²) in [5, 5.41) is 0. The third kappa shape index (κ3) is 3.08. The third-order valence-electron chi connectivity index (χ3n) is 2.29. The van der Waals surface area contributed by atoms with Gasteiger partial charge in [-0.2, -0.15) is 0 Å². The molecular formula is C13H18O2. The Labute approximate surface area is 91.3 Å². The zero-order valence-electron chi connectivity index (χ0n) is 9.83. The van der Waals surface area contributed by atoms with Crippen LogP contribution in [-0.2, 0) is 6.42 Å². The van der Waals surface area contributed by atoms with Gasteiger partial charge in [0.1, 0.15) is 5.75 Å². The number of ketones is 1. The highest BCUT2D eigenvalue weighted by atomic mass is 16.5. The second kappa shape index (κ2) is 4.96. The van der Waals surface area contributed by atoms with Crippen LogP contribution in [0.2, 0.25) is 0 Å². The molecule has 2 nitrogen and oxygen atoms in total. The molecule has 0 amide bonds. The predicted octanol–water partition coefficient (Wildman–Crippen LogP) is 3.10. The molecule has 82 valence electrons. The van der Waals surface area contributed by atoms with Gasteiger partial charge in [-0.3, -0.25) is 4.79 Å². The zero-order valence-corrected chi connectivity index (χ0v) is 9.83. The number of benzene rings is 1. The van der Waals surface area contributed by atoms with E-state index in [0.29, 0.717) is 17.2 Å². The van der Waals surface area contributed by atoms with Crippen LogP contribution in [0.1, 0.15) is 36.7 Å². The van der Waals surface area contributed by atoms with E-state index < -0.39 is 0 Å². The Bertz CT molecular complexity index is 354. The van der Waals surface area contributed by atoms with Crippen molar-refractivity contribution in [1.82, 2.24) is 0 Å². The summed E-state index contributed by atoms with van der Waals surface area (Å²) in [5.74, 6) is 1.31. The first kappa shape index (κ1) is 11.8. The van der Waals surface area contributed by atoms with Crippen LogP contribution in [0.15, 0.2) is 18.2 Å². The Morgan fingerprint density at radius 3 is 2.53 bits per heavy atom. The van der Waals surface area contributed by atoms with Gasteiger partial charge in [0.05, 0.1) is 12.7 Å². The van der Waals surface area contributed by atoms with Crippen molar-refractivity contribution in [2.24, 2.45) is 5.92 Å². The van der Waals surface area contributed by atoms with Gasteiger partial charge in [-0.1, -0.05) is 19.9 Å². The minimum absolute atomic E-state index is 0.0532. The summed E-state index contributed by atoms with van der Waals surface area (Å²) < 4.78 is 5.15. The predicted molar refractivity (Wildman–Crippen MR) is 61.5 cm³/mol. The molecular weight excluding hydrogens is 188 g/mol. The highest BCUT2D eigenvalue weighted by molar-refractivity contribution is 5.97. The summed E-state index contributed by atoms with van der Waals surface area (Å²) in [6.07, 6.45) is 0.990. The molecule has 0 unspecified atom stereocenters. The number of rotatable bonds is 4. The molecule has 0 aliphatic carbocycles. The summed E-state index contributed by atoms with van der Waals surface area (Å²) in [5.41, 5.74) is 1.87. The van der Waals surface area contributed by atoms with Gasteiger partial charge < -0.3 is 4.74 Å². The molecule has 0 atom stereocenters. The van der Waals surface area contributed by atoms with E-state index >= 15 is 0 Å². The van der Waals surface area contributed by atoms with Gasteiger partial charge in [0, 0.05) is 0 Å². The lowest BCUT2D eigenvalue weighted by Crippen LogP contribution is -2.01. The number of methoxy groups -OCH3 is 1. The first-order valence-electron chi connectivity index (χ1n) is 5.22. The second-order valence-corrected chi connectivity index (χ2v) is 4.19. The summed E-state index contributed by atoms with van der Waals surface area (Å²) in [7, 11) is 1.59. The quantitative estimate of drug-likeness (QED) is 0.707. The van der Waals surface area contributed by atoms with Crippen molar-refractivity contribution in [3.8, 4) is 5.75 Å².